The highest BCUT2D eigenvalue weighted by Gasteiger charge is 2.15. The van der Waals surface area contributed by atoms with E-state index in [2.05, 4.69) is 4.99 Å². The zero-order chi connectivity index (χ0) is 9.90. The highest BCUT2D eigenvalue weighted by molar-refractivity contribution is 6.74. The molecule has 0 aliphatic carbocycles. The second-order valence-electron chi connectivity index (χ2n) is 2.59. The van der Waals surface area contributed by atoms with E-state index < -0.39 is 3.79 Å². The third-order valence-electron chi connectivity index (χ3n) is 1.47. The summed E-state index contributed by atoms with van der Waals surface area (Å²) in [5.74, 6) is 0. The molecule has 0 amide bonds. The Hall–Kier alpha value is -0.240. The average molecular weight is 237 g/mol. The summed E-state index contributed by atoms with van der Waals surface area (Å²) in [6.07, 6.45) is 1.29. The lowest BCUT2D eigenvalue weighted by molar-refractivity contribution is 1.39. The standard InChI is InChI=1S/C9H8Cl3N/c1-7-4-2-3-5-8(7)13-6-9(10,11)12/h2-6H,1H3. The zero-order valence-electron chi connectivity index (χ0n) is 6.97. The molecule has 0 saturated heterocycles. The maximum Gasteiger partial charge on any atom is 0.225 e. The largest absolute Gasteiger partial charge is 0.257 e. The summed E-state index contributed by atoms with van der Waals surface area (Å²) >= 11 is 16.6. The number of nitrogens with zero attached hydrogens (tertiary/aromatic N) is 1. The molecule has 1 rings (SSSR count). The zero-order valence-corrected chi connectivity index (χ0v) is 9.24. The fourth-order valence-electron chi connectivity index (χ4n) is 0.851. The fourth-order valence-corrected chi connectivity index (χ4v) is 0.997. The van der Waals surface area contributed by atoms with Gasteiger partial charge in [-0.1, -0.05) is 53.0 Å². The lowest BCUT2D eigenvalue weighted by Crippen LogP contribution is -2.02. The van der Waals surface area contributed by atoms with E-state index in [-0.39, 0.29) is 0 Å². The molecular weight excluding hydrogens is 228 g/mol. The molecule has 0 aliphatic heterocycles. The van der Waals surface area contributed by atoms with Gasteiger partial charge in [-0.05, 0) is 18.6 Å². The molecule has 70 valence electrons. The van der Waals surface area contributed by atoms with E-state index in [1.807, 2.05) is 31.2 Å². The van der Waals surface area contributed by atoms with Crippen molar-refractivity contribution in [2.45, 2.75) is 10.7 Å². The highest BCUT2D eigenvalue weighted by Crippen LogP contribution is 2.25. The number of benzene rings is 1. The third-order valence-corrected chi connectivity index (χ3v) is 1.76. The van der Waals surface area contributed by atoms with Crippen LogP contribution in [0.15, 0.2) is 29.3 Å². The summed E-state index contributed by atoms with van der Waals surface area (Å²) in [5, 5.41) is 0. The van der Waals surface area contributed by atoms with Crippen LogP contribution in [0.1, 0.15) is 5.56 Å². The predicted molar refractivity (Wildman–Crippen MR) is 59.6 cm³/mol. The minimum atomic E-state index is -1.43. The van der Waals surface area contributed by atoms with Crippen molar-refractivity contribution in [1.82, 2.24) is 0 Å². The van der Waals surface area contributed by atoms with E-state index >= 15 is 0 Å². The van der Waals surface area contributed by atoms with E-state index in [4.69, 9.17) is 34.8 Å². The molecule has 0 aromatic heterocycles. The molecule has 4 heteroatoms. The van der Waals surface area contributed by atoms with Gasteiger partial charge in [0.2, 0.25) is 3.79 Å². The molecule has 1 nitrogen and oxygen atoms in total. The lowest BCUT2D eigenvalue weighted by Gasteiger charge is -2.03. The van der Waals surface area contributed by atoms with E-state index in [1.54, 1.807) is 0 Å². The number of hydrogen-bond donors (Lipinski definition) is 0. The van der Waals surface area contributed by atoms with Crippen molar-refractivity contribution < 1.29 is 0 Å². The molecule has 0 radical (unpaired) electrons. The first-order chi connectivity index (χ1) is 5.99. The first kappa shape index (κ1) is 10.8. The van der Waals surface area contributed by atoms with Gasteiger partial charge in [-0.25, -0.2) is 0 Å². The smallest absolute Gasteiger partial charge is 0.225 e. The SMILES string of the molecule is Cc1ccccc1N=CC(Cl)(Cl)Cl. The Morgan fingerprint density at radius 3 is 2.38 bits per heavy atom. The fraction of sp³-hybridized carbons (Fsp3) is 0.222. The topological polar surface area (TPSA) is 12.4 Å². The number of alkyl halides is 3. The van der Waals surface area contributed by atoms with Crippen LogP contribution in [0.4, 0.5) is 5.69 Å². The maximum atomic E-state index is 5.52. The van der Waals surface area contributed by atoms with Gasteiger partial charge in [0, 0.05) is 0 Å². The number of rotatable bonds is 1. The van der Waals surface area contributed by atoms with Crippen LogP contribution >= 0.6 is 34.8 Å². The molecule has 0 N–H and O–H groups in total. The molecule has 0 atom stereocenters. The van der Waals surface area contributed by atoms with E-state index in [0.29, 0.717) is 0 Å². The molecule has 0 bridgehead atoms. The van der Waals surface area contributed by atoms with Crippen molar-refractivity contribution in [2.24, 2.45) is 4.99 Å². The van der Waals surface area contributed by atoms with Crippen LogP contribution in [-0.4, -0.2) is 10.0 Å². The van der Waals surface area contributed by atoms with Gasteiger partial charge < -0.3 is 0 Å². The van der Waals surface area contributed by atoms with Crippen LogP contribution in [0.25, 0.3) is 0 Å². The average Bonchev–Trinajstić information content (AvgIpc) is 2.01. The predicted octanol–water partition coefficient (Wildman–Crippen LogP) is 4.07. The van der Waals surface area contributed by atoms with Gasteiger partial charge in [-0.15, -0.1) is 0 Å². The number of para-hydroxylation sites is 1. The Bertz CT molecular complexity index is 315. The summed E-state index contributed by atoms with van der Waals surface area (Å²) in [4.78, 5) is 4.06. The van der Waals surface area contributed by atoms with Gasteiger partial charge in [-0.2, -0.15) is 0 Å². The van der Waals surface area contributed by atoms with Crippen molar-refractivity contribution in [1.29, 1.82) is 0 Å². The third kappa shape index (κ3) is 3.99. The van der Waals surface area contributed by atoms with Crippen molar-refractivity contribution >= 4 is 46.7 Å². The molecule has 1 aromatic carbocycles. The normalized spacial score (nSPS) is 12.3. The quantitative estimate of drug-likeness (QED) is 0.515. The molecular formula is C9H8Cl3N. The number of aryl methyl sites for hydroxylation is 1. The van der Waals surface area contributed by atoms with Crippen LogP contribution in [0, 0.1) is 6.92 Å². The van der Waals surface area contributed by atoms with E-state index in [9.17, 15) is 0 Å². The number of aliphatic imine (C=N–C) groups is 1. The Kier molecular flexibility index (Phi) is 3.60. The van der Waals surface area contributed by atoms with Crippen LogP contribution in [0.3, 0.4) is 0 Å². The van der Waals surface area contributed by atoms with Gasteiger partial charge in [0.15, 0.2) is 0 Å². The van der Waals surface area contributed by atoms with Crippen LogP contribution in [0.2, 0.25) is 0 Å². The minimum Gasteiger partial charge on any atom is -0.257 e. The van der Waals surface area contributed by atoms with Crippen molar-refractivity contribution in [2.75, 3.05) is 0 Å². The Labute approximate surface area is 92.3 Å². The van der Waals surface area contributed by atoms with Crippen LogP contribution < -0.4 is 0 Å². The number of hydrogen-bond acceptors (Lipinski definition) is 1. The van der Waals surface area contributed by atoms with Gasteiger partial charge in [0.1, 0.15) is 0 Å². The highest BCUT2D eigenvalue weighted by atomic mass is 35.6. The summed E-state index contributed by atoms with van der Waals surface area (Å²) in [5.41, 5.74) is 1.86. The molecule has 0 saturated carbocycles. The van der Waals surface area contributed by atoms with Gasteiger partial charge in [0.25, 0.3) is 0 Å². The van der Waals surface area contributed by atoms with Crippen molar-refractivity contribution in [3.05, 3.63) is 29.8 Å². The second-order valence-corrected chi connectivity index (χ2v) is 4.96. The monoisotopic (exact) mass is 235 g/mol. The lowest BCUT2D eigenvalue weighted by atomic mass is 10.2. The Balaban J connectivity index is 2.86. The molecule has 13 heavy (non-hydrogen) atoms. The first-order valence-corrected chi connectivity index (χ1v) is 4.80. The Morgan fingerprint density at radius 2 is 1.85 bits per heavy atom. The summed E-state index contributed by atoms with van der Waals surface area (Å²) in [7, 11) is 0. The van der Waals surface area contributed by atoms with Crippen LogP contribution in [-0.2, 0) is 0 Å². The summed E-state index contributed by atoms with van der Waals surface area (Å²) in [6, 6.07) is 7.63. The number of halogens is 3. The first-order valence-electron chi connectivity index (χ1n) is 3.66. The van der Waals surface area contributed by atoms with Gasteiger partial charge in [0.05, 0.1) is 11.9 Å². The summed E-state index contributed by atoms with van der Waals surface area (Å²) in [6.45, 7) is 1.95. The molecule has 0 heterocycles. The van der Waals surface area contributed by atoms with E-state index in [0.717, 1.165) is 11.3 Å². The molecule has 0 unspecified atom stereocenters. The minimum absolute atomic E-state index is 0.814. The van der Waals surface area contributed by atoms with E-state index in [1.165, 1.54) is 6.21 Å². The van der Waals surface area contributed by atoms with Crippen molar-refractivity contribution in [3.63, 3.8) is 0 Å². The summed E-state index contributed by atoms with van der Waals surface area (Å²) < 4.78 is -1.43. The molecule has 0 spiro atoms. The second kappa shape index (κ2) is 4.32. The van der Waals surface area contributed by atoms with Crippen LogP contribution in [0.5, 0.6) is 0 Å². The van der Waals surface area contributed by atoms with Gasteiger partial charge in [-0.3, -0.25) is 4.99 Å². The molecule has 0 fully saturated rings. The molecule has 0 aliphatic rings. The Morgan fingerprint density at radius 1 is 1.23 bits per heavy atom. The van der Waals surface area contributed by atoms with Crippen molar-refractivity contribution in [3.8, 4) is 0 Å². The molecule has 1 aromatic rings. The maximum absolute atomic E-state index is 5.52. The van der Waals surface area contributed by atoms with Gasteiger partial charge >= 0.3 is 0 Å².